The van der Waals surface area contributed by atoms with Gasteiger partial charge in [-0.3, -0.25) is 0 Å². The van der Waals surface area contributed by atoms with Crippen LogP contribution in [0.4, 0.5) is 0 Å². The molecule has 5 nitrogen and oxygen atoms in total. The van der Waals surface area contributed by atoms with Gasteiger partial charge >= 0.3 is 0 Å². The number of halogens is 2. The summed E-state index contributed by atoms with van der Waals surface area (Å²) in [6, 6.07) is 36.0. The third-order valence-corrected chi connectivity index (χ3v) is 8.60. The Morgan fingerprint density at radius 1 is 0.356 bits per heavy atom. The van der Waals surface area contributed by atoms with Crippen molar-refractivity contribution in [1.82, 2.24) is 17.6 Å². The summed E-state index contributed by atoms with van der Waals surface area (Å²) in [6.07, 6.45) is 16.6. The van der Waals surface area contributed by atoms with Gasteiger partial charge in [-0.2, -0.15) is 0 Å². The van der Waals surface area contributed by atoms with Crippen LogP contribution in [0.1, 0.15) is 0 Å². The maximum Gasteiger partial charge on any atom is 0.124 e. The second kappa shape index (κ2) is 11.0. The minimum atomic E-state index is 0. The molecule has 45 heavy (non-hydrogen) atoms. The van der Waals surface area contributed by atoms with Crippen molar-refractivity contribution in [3.8, 4) is 50.3 Å². The number of hydrogen-bond acceptors (Lipinski definition) is 1. The van der Waals surface area contributed by atoms with Crippen molar-refractivity contribution in [3.05, 3.63) is 153 Å². The van der Waals surface area contributed by atoms with Gasteiger partial charge < -0.3 is 22.7 Å². The molecule has 220 valence electrons. The first kappa shape index (κ1) is 28.4. The molecule has 0 saturated heterocycles. The fraction of sp³-hybridized carbons (Fsp3) is 0. The third kappa shape index (κ3) is 4.56. The molecule has 0 aliphatic rings. The molecule has 8 aromatic heterocycles. The van der Waals surface area contributed by atoms with Crippen molar-refractivity contribution in [1.29, 1.82) is 0 Å². The number of pyridine rings is 4. The van der Waals surface area contributed by atoms with E-state index in [1.54, 1.807) is 0 Å². The first-order valence-electron chi connectivity index (χ1n) is 14.4. The summed E-state index contributed by atoms with van der Waals surface area (Å²) in [4.78, 5) is 0. The number of aromatic hydroxyl groups is 1. The lowest BCUT2D eigenvalue weighted by Gasteiger charge is -2.22. The summed E-state index contributed by atoms with van der Waals surface area (Å²) in [5.41, 5.74) is 12.4. The van der Waals surface area contributed by atoms with Crippen LogP contribution in [-0.2, 0) is 0 Å². The minimum Gasteiger partial charge on any atom is -0.507 e. The molecule has 0 saturated carbocycles. The van der Waals surface area contributed by atoms with Crippen molar-refractivity contribution >= 4 is 46.9 Å². The van der Waals surface area contributed by atoms with Crippen LogP contribution in [0.15, 0.2) is 153 Å². The van der Waals surface area contributed by atoms with Crippen molar-refractivity contribution < 1.29 is 5.11 Å². The van der Waals surface area contributed by atoms with Gasteiger partial charge in [0.1, 0.15) is 5.75 Å². The van der Waals surface area contributed by atoms with Crippen molar-refractivity contribution in [3.63, 3.8) is 0 Å². The molecule has 0 aliphatic heterocycles. The number of fused-ring (bicyclic) bond motifs is 4. The molecular weight excluding hydrogens is 599 g/mol. The van der Waals surface area contributed by atoms with E-state index < -0.39 is 0 Å². The minimum absolute atomic E-state index is 0. The molecule has 9 aromatic rings. The van der Waals surface area contributed by atoms with Crippen LogP contribution in [0.25, 0.3) is 66.6 Å². The maximum absolute atomic E-state index is 12.0. The van der Waals surface area contributed by atoms with Gasteiger partial charge in [0, 0.05) is 82.8 Å². The first-order valence-corrected chi connectivity index (χ1v) is 14.4. The van der Waals surface area contributed by atoms with Crippen LogP contribution in [0, 0.1) is 0 Å². The summed E-state index contributed by atoms with van der Waals surface area (Å²) >= 11 is 0. The van der Waals surface area contributed by atoms with Gasteiger partial charge in [-0.1, -0.05) is 0 Å². The van der Waals surface area contributed by atoms with E-state index >= 15 is 0 Å². The van der Waals surface area contributed by atoms with Crippen LogP contribution < -0.4 is 0 Å². The van der Waals surface area contributed by atoms with E-state index in [1.165, 1.54) is 0 Å². The zero-order chi connectivity index (χ0) is 28.5. The van der Waals surface area contributed by atoms with Gasteiger partial charge in [0.15, 0.2) is 0 Å². The smallest absolute Gasteiger partial charge is 0.124 e. The predicted octanol–water partition coefficient (Wildman–Crippen LogP) is 9.91. The highest BCUT2D eigenvalue weighted by Gasteiger charge is 2.24. The van der Waals surface area contributed by atoms with Crippen molar-refractivity contribution in [2.24, 2.45) is 0 Å². The average Bonchev–Trinajstić information content (AvgIpc) is 3.86. The van der Waals surface area contributed by atoms with E-state index in [2.05, 4.69) is 152 Å². The molecule has 0 bridgehead atoms. The van der Waals surface area contributed by atoms with E-state index in [9.17, 15) is 5.11 Å². The Bertz CT molecular complexity index is 2500. The fourth-order valence-electron chi connectivity index (χ4n) is 6.54. The molecule has 1 N–H and O–H groups in total. The number of benzene rings is 1. The molecule has 0 aliphatic carbocycles. The van der Waals surface area contributed by atoms with Gasteiger partial charge in [0.05, 0.1) is 0 Å². The molecular formula is C38H28Cl2N4O. The Labute approximate surface area is 271 Å². The Morgan fingerprint density at radius 2 is 0.711 bits per heavy atom. The standard InChI is InChI=1S/C38H26N4O.2ClH/c43-35-25-34(26-9-17-39-13-1-5-30(39)21-26)36(27-10-18-40-14-2-6-31(40)22-27)38(29-12-20-42-16-4-8-33(42)24-29)37(35)28-11-19-41-15-3-7-32(41)23-28;;/h1-25,43H;2*1H. The molecule has 0 fully saturated rings. The number of phenolic OH excluding ortho intramolecular Hbond substituents is 1. The van der Waals surface area contributed by atoms with Crippen LogP contribution in [0.2, 0.25) is 0 Å². The zero-order valence-electron chi connectivity index (χ0n) is 24.0. The number of aromatic nitrogens is 4. The molecule has 7 heteroatoms. The normalized spacial score (nSPS) is 11.3. The number of rotatable bonds is 4. The highest BCUT2D eigenvalue weighted by molar-refractivity contribution is 6.05. The van der Waals surface area contributed by atoms with Gasteiger partial charge in [-0.15, -0.1) is 24.8 Å². The summed E-state index contributed by atoms with van der Waals surface area (Å²) in [5.74, 6) is 0.249. The van der Waals surface area contributed by atoms with Gasteiger partial charge in [-0.05, 0) is 137 Å². The second-order valence-electron chi connectivity index (χ2n) is 11.1. The molecule has 8 heterocycles. The van der Waals surface area contributed by atoms with E-state index in [0.29, 0.717) is 0 Å². The van der Waals surface area contributed by atoms with Crippen LogP contribution in [0.5, 0.6) is 5.75 Å². The van der Waals surface area contributed by atoms with Gasteiger partial charge in [-0.25, -0.2) is 0 Å². The molecule has 0 atom stereocenters. The van der Waals surface area contributed by atoms with Crippen molar-refractivity contribution in [2.45, 2.75) is 0 Å². The Balaban J connectivity index is 0.00000163. The lowest BCUT2D eigenvalue weighted by molar-refractivity contribution is 0.478. The SMILES string of the molecule is Cl.Cl.Oc1cc(-c2ccn3cccc3c2)c(-c2ccn3cccc3c2)c(-c2ccn3cccc3c2)c1-c1ccn2cccc2c1. The summed E-state index contributed by atoms with van der Waals surface area (Å²) in [7, 11) is 0. The van der Waals surface area contributed by atoms with Crippen LogP contribution >= 0.6 is 24.8 Å². The maximum atomic E-state index is 12.0. The Kier molecular flexibility index (Phi) is 6.93. The topological polar surface area (TPSA) is 37.9 Å². The average molecular weight is 628 g/mol. The van der Waals surface area contributed by atoms with Crippen LogP contribution in [0.3, 0.4) is 0 Å². The molecule has 1 aromatic carbocycles. The molecule has 0 amide bonds. The van der Waals surface area contributed by atoms with E-state index in [-0.39, 0.29) is 30.6 Å². The third-order valence-electron chi connectivity index (χ3n) is 8.60. The zero-order valence-corrected chi connectivity index (χ0v) is 25.6. The second-order valence-corrected chi connectivity index (χ2v) is 11.1. The Hall–Kier alpha value is -5.36. The van der Waals surface area contributed by atoms with Crippen LogP contribution in [-0.4, -0.2) is 22.7 Å². The Morgan fingerprint density at radius 3 is 1.16 bits per heavy atom. The van der Waals surface area contributed by atoms with Crippen molar-refractivity contribution in [2.75, 3.05) is 0 Å². The number of hydrogen-bond donors (Lipinski definition) is 1. The highest BCUT2D eigenvalue weighted by atomic mass is 35.5. The monoisotopic (exact) mass is 626 g/mol. The molecule has 0 spiro atoms. The molecule has 0 radical (unpaired) electrons. The van der Waals surface area contributed by atoms with Gasteiger partial charge in [0.2, 0.25) is 0 Å². The fourth-order valence-corrected chi connectivity index (χ4v) is 6.54. The molecule has 9 rings (SSSR count). The number of nitrogens with zero attached hydrogens (tertiary/aromatic N) is 4. The largest absolute Gasteiger partial charge is 0.507 e. The van der Waals surface area contributed by atoms with E-state index in [0.717, 1.165) is 66.6 Å². The highest BCUT2D eigenvalue weighted by Crippen LogP contribution is 2.50. The lowest BCUT2D eigenvalue weighted by Crippen LogP contribution is -1.97. The summed E-state index contributed by atoms with van der Waals surface area (Å²) in [5, 5.41) is 12.0. The summed E-state index contributed by atoms with van der Waals surface area (Å²) in [6.45, 7) is 0. The lowest BCUT2D eigenvalue weighted by atomic mass is 9.82. The molecule has 0 unspecified atom stereocenters. The van der Waals surface area contributed by atoms with E-state index in [1.807, 2.05) is 18.3 Å². The van der Waals surface area contributed by atoms with Gasteiger partial charge in [0.25, 0.3) is 0 Å². The summed E-state index contributed by atoms with van der Waals surface area (Å²) < 4.78 is 8.45. The number of phenols is 1. The predicted molar refractivity (Wildman–Crippen MR) is 188 cm³/mol. The quantitative estimate of drug-likeness (QED) is 0.207. The van der Waals surface area contributed by atoms with E-state index in [4.69, 9.17) is 0 Å². The first-order chi connectivity index (χ1) is 21.2.